The predicted molar refractivity (Wildman–Crippen MR) is 89.1 cm³/mol. The molecule has 0 bridgehead atoms. The van der Waals surface area contributed by atoms with Gasteiger partial charge in [0.15, 0.2) is 0 Å². The van der Waals surface area contributed by atoms with Crippen molar-refractivity contribution in [3.05, 3.63) is 47.7 Å². The molecule has 0 fully saturated rings. The lowest BCUT2D eigenvalue weighted by atomic mass is 10.0. The van der Waals surface area contributed by atoms with Gasteiger partial charge in [0.05, 0.1) is 0 Å². The summed E-state index contributed by atoms with van der Waals surface area (Å²) < 4.78 is 6.12. The average molecular weight is 280 g/mol. The summed E-state index contributed by atoms with van der Waals surface area (Å²) in [6.07, 6.45) is 12.8. The number of unbranched alkanes of at least 4 members (excludes halogenated alkanes) is 3. The van der Waals surface area contributed by atoms with Gasteiger partial charge < -0.3 is 4.42 Å². The molecule has 0 radical (unpaired) electrons. The van der Waals surface area contributed by atoms with Crippen LogP contribution in [0.15, 0.2) is 40.8 Å². The molecule has 0 aliphatic carbocycles. The molecule has 0 spiro atoms. The van der Waals surface area contributed by atoms with E-state index in [1.807, 2.05) is 6.07 Å². The lowest BCUT2D eigenvalue weighted by Gasteiger charge is -2.02. The standard InChI is InChI=1S/C20H24O/c1-3-5-7-9-14-18-16-19(15-6-4-2)21-20(18)17-12-10-8-11-13-17/h1,8,10-13,16H,4-7,9,14-15H2,2H3. The molecule has 0 saturated heterocycles. The van der Waals surface area contributed by atoms with E-state index >= 15 is 0 Å². The molecule has 1 heteroatoms. The van der Waals surface area contributed by atoms with E-state index in [0.717, 1.165) is 43.6 Å². The first-order valence-corrected chi connectivity index (χ1v) is 7.95. The van der Waals surface area contributed by atoms with Crippen molar-refractivity contribution in [3.8, 4) is 23.7 Å². The quantitative estimate of drug-likeness (QED) is 0.451. The highest BCUT2D eigenvalue weighted by Gasteiger charge is 2.12. The fourth-order valence-electron chi connectivity index (χ4n) is 2.52. The van der Waals surface area contributed by atoms with E-state index in [4.69, 9.17) is 10.8 Å². The van der Waals surface area contributed by atoms with Gasteiger partial charge in [0.2, 0.25) is 0 Å². The third-order valence-electron chi connectivity index (χ3n) is 3.69. The fourth-order valence-corrected chi connectivity index (χ4v) is 2.52. The molecule has 110 valence electrons. The Bertz CT molecular complexity index is 572. The lowest BCUT2D eigenvalue weighted by Crippen LogP contribution is -1.86. The zero-order chi connectivity index (χ0) is 14.9. The first-order chi connectivity index (χ1) is 10.3. The molecule has 2 aromatic rings. The average Bonchev–Trinajstić information content (AvgIpc) is 2.93. The summed E-state index contributed by atoms with van der Waals surface area (Å²) >= 11 is 0. The maximum Gasteiger partial charge on any atom is 0.137 e. The molecule has 0 aliphatic heterocycles. The van der Waals surface area contributed by atoms with E-state index in [1.165, 1.54) is 24.0 Å². The molecule has 1 aromatic heterocycles. The molecule has 0 atom stereocenters. The minimum absolute atomic E-state index is 0.862. The van der Waals surface area contributed by atoms with Crippen LogP contribution in [0.4, 0.5) is 0 Å². The minimum atomic E-state index is 0.862. The number of aryl methyl sites for hydroxylation is 2. The van der Waals surface area contributed by atoms with Crippen LogP contribution in [0.25, 0.3) is 11.3 Å². The third kappa shape index (κ3) is 4.53. The van der Waals surface area contributed by atoms with Crippen LogP contribution in [0.5, 0.6) is 0 Å². The summed E-state index contributed by atoms with van der Waals surface area (Å²) in [6.45, 7) is 2.21. The van der Waals surface area contributed by atoms with Crippen LogP contribution in [-0.2, 0) is 12.8 Å². The summed E-state index contributed by atoms with van der Waals surface area (Å²) in [7, 11) is 0. The molecule has 21 heavy (non-hydrogen) atoms. The molecule has 0 amide bonds. The summed E-state index contributed by atoms with van der Waals surface area (Å²) in [6, 6.07) is 12.6. The van der Waals surface area contributed by atoms with Crippen LogP contribution in [0, 0.1) is 12.3 Å². The van der Waals surface area contributed by atoms with Crippen molar-refractivity contribution in [3.63, 3.8) is 0 Å². The number of hydrogen-bond donors (Lipinski definition) is 0. The van der Waals surface area contributed by atoms with Crippen LogP contribution < -0.4 is 0 Å². The van der Waals surface area contributed by atoms with Gasteiger partial charge in [0.25, 0.3) is 0 Å². The van der Waals surface area contributed by atoms with Crippen molar-refractivity contribution in [2.24, 2.45) is 0 Å². The summed E-state index contributed by atoms with van der Waals surface area (Å²) in [5.74, 6) is 4.87. The van der Waals surface area contributed by atoms with Crippen LogP contribution >= 0.6 is 0 Å². The van der Waals surface area contributed by atoms with Gasteiger partial charge in [-0.15, -0.1) is 12.3 Å². The third-order valence-corrected chi connectivity index (χ3v) is 3.69. The number of furan rings is 1. The Labute approximate surface area is 128 Å². The van der Waals surface area contributed by atoms with Gasteiger partial charge in [-0.1, -0.05) is 43.7 Å². The smallest absolute Gasteiger partial charge is 0.137 e. The number of benzene rings is 1. The second kappa shape index (κ2) is 8.37. The second-order valence-electron chi connectivity index (χ2n) is 5.45. The highest BCUT2D eigenvalue weighted by Crippen LogP contribution is 2.29. The normalized spacial score (nSPS) is 10.5. The van der Waals surface area contributed by atoms with Crippen LogP contribution in [-0.4, -0.2) is 0 Å². The number of hydrogen-bond acceptors (Lipinski definition) is 1. The zero-order valence-electron chi connectivity index (χ0n) is 12.9. The van der Waals surface area contributed by atoms with E-state index in [9.17, 15) is 0 Å². The van der Waals surface area contributed by atoms with E-state index in [0.29, 0.717) is 0 Å². The van der Waals surface area contributed by atoms with Crippen molar-refractivity contribution in [2.75, 3.05) is 0 Å². The van der Waals surface area contributed by atoms with Gasteiger partial charge >= 0.3 is 0 Å². The molecule has 0 aliphatic rings. The van der Waals surface area contributed by atoms with Gasteiger partial charge in [-0.05, 0) is 37.3 Å². The fraction of sp³-hybridized carbons (Fsp3) is 0.400. The molecule has 0 saturated carbocycles. The molecule has 1 nitrogen and oxygen atoms in total. The van der Waals surface area contributed by atoms with Crippen LogP contribution in [0.1, 0.15) is 50.4 Å². The van der Waals surface area contributed by atoms with Crippen molar-refractivity contribution < 1.29 is 4.42 Å². The largest absolute Gasteiger partial charge is 0.461 e. The minimum Gasteiger partial charge on any atom is -0.461 e. The Balaban J connectivity index is 2.15. The summed E-state index contributed by atoms with van der Waals surface area (Å²) in [4.78, 5) is 0. The van der Waals surface area contributed by atoms with E-state index in [-0.39, 0.29) is 0 Å². The van der Waals surface area contributed by atoms with E-state index in [1.54, 1.807) is 0 Å². The highest BCUT2D eigenvalue weighted by molar-refractivity contribution is 5.61. The summed E-state index contributed by atoms with van der Waals surface area (Å²) in [5.41, 5.74) is 2.50. The van der Waals surface area contributed by atoms with Crippen molar-refractivity contribution in [1.29, 1.82) is 0 Å². The van der Waals surface area contributed by atoms with E-state index in [2.05, 4.69) is 43.2 Å². The Morgan fingerprint density at radius 2 is 1.86 bits per heavy atom. The number of rotatable bonds is 8. The Morgan fingerprint density at radius 1 is 1.05 bits per heavy atom. The SMILES string of the molecule is C#CCCCCc1cc(CCCC)oc1-c1ccccc1. The maximum absolute atomic E-state index is 6.12. The van der Waals surface area contributed by atoms with Crippen LogP contribution in [0.2, 0.25) is 0 Å². The molecule has 2 rings (SSSR count). The molecular weight excluding hydrogens is 256 g/mol. The monoisotopic (exact) mass is 280 g/mol. The Morgan fingerprint density at radius 3 is 2.57 bits per heavy atom. The van der Waals surface area contributed by atoms with Gasteiger partial charge in [-0.3, -0.25) is 0 Å². The van der Waals surface area contributed by atoms with Crippen molar-refractivity contribution in [1.82, 2.24) is 0 Å². The highest BCUT2D eigenvalue weighted by atomic mass is 16.3. The van der Waals surface area contributed by atoms with Gasteiger partial charge in [-0.25, -0.2) is 0 Å². The molecular formula is C20H24O. The van der Waals surface area contributed by atoms with Gasteiger partial charge in [0.1, 0.15) is 11.5 Å². The van der Waals surface area contributed by atoms with Crippen molar-refractivity contribution >= 4 is 0 Å². The first kappa shape index (κ1) is 15.4. The van der Waals surface area contributed by atoms with Crippen molar-refractivity contribution in [2.45, 2.75) is 51.9 Å². The maximum atomic E-state index is 6.12. The van der Waals surface area contributed by atoms with Crippen LogP contribution in [0.3, 0.4) is 0 Å². The van der Waals surface area contributed by atoms with E-state index < -0.39 is 0 Å². The predicted octanol–water partition coefficient (Wildman–Crippen LogP) is 5.64. The van der Waals surface area contributed by atoms with Gasteiger partial charge in [0, 0.05) is 18.4 Å². The molecule has 0 N–H and O–H groups in total. The zero-order valence-corrected chi connectivity index (χ0v) is 12.9. The number of terminal acetylenes is 1. The molecule has 1 heterocycles. The van der Waals surface area contributed by atoms with Gasteiger partial charge in [-0.2, -0.15) is 0 Å². The first-order valence-electron chi connectivity index (χ1n) is 7.95. The topological polar surface area (TPSA) is 13.1 Å². The lowest BCUT2D eigenvalue weighted by molar-refractivity contribution is 0.511. The molecule has 0 unspecified atom stereocenters. The Hall–Kier alpha value is -1.94. The second-order valence-corrected chi connectivity index (χ2v) is 5.45. The molecule has 1 aromatic carbocycles. The summed E-state index contributed by atoms with van der Waals surface area (Å²) in [5, 5.41) is 0. The Kier molecular flexibility index (Phi) is 6.16.